The number of nitrogens with zero attached hydrogens (tertiary/aromatic N) is 2. The van der Waals surface area contributed by atoms with Crippen molar-refractivity contribution in [3.63, 3.8) is 0 Å². The van der Waals surface area contributed by atoms with Gasteiger partial charge in [-0.15, -0.1) is 23.5 Å². The van der Waals surface area contributed by atoms with Crippen LogP contribution in [0.2, 0.25) is 0 Å². The molecule has 0 aliphatic carbocycles. The summed E-state index contributed by atoms with van der Waals surface area (Å²) in [5.41, 5.74) is 3.45. The average molecular weight is 1070 g/mol. The van der Waals surface area contributed by atoms with E-state index in [-0.39, 0.29) is 62.8 Å². The maximum atomic E-state index is 14.3. The zero-order valence-corrected chi connectivity index (χ0v) is 46.7. The number of carbonyl (C=O) groups is 6. The van der Waals surface area contributed by atoms with Gasteiger partial charge < -0.3 is 39.0 Å². The summed E-state index contributed by atoms with van der Waals surface area (Å²) in [6.07, 6.45) is 2.44. The molecule has 16 heteroatoms. The number of aryl methyl sites for hydroxylation is 4. The lowest BCUT2D eigenvalue weighted by molar-refractivity contribution is -0.154. The van der Waals surface area contributed by atoms with Gasteiger partial charge in [0, 0.05) is 77.2 Å². The zero-order chi connectivity index (χ0) is 55.4. The Bertz CT molecular complexity index is 2960. The average Bonchev–Trinajstić information content (AvgIpc) is 4.04. The van der Waals surface area contributed by atoms with E-state index in [1.54, 1.807) is 78.7 Å². The van der Waals surface area contributed by atoms with Gasteiger partial charge in [-0.2, -0.15) is 0 Å². The van der Waals surface area contributed by atoms with Crippen molar-refractivity contribution in [3.05, 3.63) is 153 Å². The third-order valence-corrected chi connectivity index (χ3v) is 15.8. The molecule has 2 aliphatic heterocycles. The number of ether oxygens (including phenoxy) is 4. The summed E-state index contributed by atoms with van der Waals surface area (Å²) in [7, 11) is 0. The molecule has 5 aromatic carbocycles. The number of carboxylic acid groups (broad SMARTS) is 2. The van der Waals surface area contributed by atoms with Gasteiger partial charge in [0.25, 0.3) is 0 Å². The van der Waals surface area contributed by atoms with Crippen molar-refractivity contribution in [3.8, 4) is 11.5 Å². The van der Waals surface area contributed by atoms with Gasteiger partial charge in [-0.25, -0.2) is 19.2 Å². The lowest BCUT2D eigenvalue weighted by atomic mass is 9.82. The first-order valence-corrected chi connectivity index (χ1v) is 27.8. The molecule has 402 valence electrons. The molecule has 1 unspecified atom stereocenters. The molecule has 5 atom stereocenters. The second kappa shape index (κ2) is 23.6. The van der Waals surface area contributed by atoms with Crippen LogP contribution >= 0.6 is 23.5 Å². The molecule has 5 aromatic rings. The van der Waals surface area contributed by atoms with Gasteiger partial charge in [-0.05, 0) is 144 Å². The molecule has 0 spiro atoms. The van der Waals surface area contributed by atoms with Gasteiger partial charge in [0.05, 0.1) is 6.10 Å². The van der Waals surface area contributed by atoms with Crippen LogP contribution in [-0.2, 0) is 32.1 Å². The Balaban J connectivity index is 1.07. The molecule has 76 heavy (non-hydrogen) atoms. The lowest BCUT2D eigenvalue weighted by Gasteiger charge is -2.29. The smallest absolute Gasteiger partial charge is 0.410 e. The molecule has 2 fully saturated rings. The first-order chi connectivity index (χ1) is 35.9. The number of carboxylic acids is 2. The fourth-order valence-electron chi connectivity index (χ4n) is 10.2. The molecule has 14 nitrogen and oxygen atoms in total. The standard InChI is InChI=1S/C60H68N2O12S2/c1-34(2)72-58(70)62-30-48(50(32-62)52(64)42-17-21-46(76-11)22-18-42)44-25-37(5)54(38(6)26-44)74-60(9,56(67)68)28-39-13-12-14-40(27-39)33-71-57(69)61-29-47(49(31-61)51(63)41-15-19-45(75-10)20-16-41)43-23-35(3)53(36(4)24-43)73-59(7,8)55(65)66/h12-27,34,47-50H,28-33H2,1-11H3,(H,65,66)(H,67,68)/t47-,48+,49+,50-,60?/m0/s1. The first-order valence-electron chi connectivity index (χ1n) is 25.3. The fourth-order valence-corrected chi connectivity index (χ4v) is 11.0. The number of hydrogen-bond acceptors (Lipinski definition) is 12. The topological polar surface area (TPSA) is 186 Å². The van der Waals surface area contributed by atoms with E-state index in [4.69, 9.17) is 18.9 Å². The fraction of sp³-hybridized carbons (Fsp3) is 0.400. The maximum Gasteiger partial charge on any atom is 0.410 e. The van der Waals surface area contributed by atoms with Gasteiger partial charge in [-0.3, -0.25) is 9.59 Å². The highest BCUT2D eigenvalue weighted by atomic mass is 32.2. The summed E-state index contributed by atoms with van der Waals surface area (Å²) >= 11 is 3.15. The highest BCUT2D eigenvalue weighted by Gasteiger charge is 2.44. The number of rotatable bonds is 19. The van der Waals surface area contributed by atoms with Crippen molar-refractivity contribution < 1.29 is 57.9 Å². The zero-order valence-electron chi connectivity index (χ0n) is 45.1. The number of likely N-dealkylation sites (tertiary alicyclic amines) is 2. The predicted molar refractivity (Wildman–Crippen MR) is 294 cm³/mol. The predicted octanol–water partition coefficient (Wildman–Crippen LogP) is 11.7. The molecule has 0 aromatic heterocycles. The Morgan fingerprint density at radius 1 is 0.592 bits per heavy atom. The van der Waals surface area contributed by atoms with Crippen LogP contribution in [0.3, 0.4) is 0 Å². The van der Waals surface area contributed by atoms with Crippen molar-refractivity contribution in [2.45, 2.75) is 114 Å². The van der Waals surface area contributed by atoms with Crippen LogP contribution in [0.15, 0.2) is 107 Å². The summed E-state index contributed by atoms with van der Waals surface area (Å²) in [5, 5.41) is 20.5. The summed E-state index contributed by atoms with van der Waals surface area (Å²) in [5.74, 6) is -3.62. The molecule has 0 bridgehead atoms. The number of benzene rings is 5. The molecule has 2 saturated heterocycles. The number of amides is 2. The van der Waals surface area contributed by atoms with E-state index < -0.39 is 53.1 Å². The molecule has 2 amide bonds. The Morgan fingerprint density at radius 2 is 1.03 bits per heavy atom. The maximum absolute atomic E-state index is 14.3. The quantitative estimate of drug-likeness (QED) is 0.0587. The van der Waals surface area contributed by atoms with Crippen LogP contribution in [-0.4, -0.2) is 112 Å². The van der Waals surface area contributed by atoms with Crippen molar-refractivity contribution in [1.82, 2.24) is 9.80 Å². The highest BCUT2D eigenvalue weighted by molar-refractivity contribution is 7.98. The van der Waals surface area contributed by atoms with E-state index in [1.165, 1.54) is 25.7 Å². The Kier molecular flexibility index (Phi) is 17.7. The molecule has 0 saturated carbocycles. The van der Waals surface area contributed by atoms with Crippen LogP contribution in [0.5, 0.6) is 11.5 Å². The summed E-state index contributed by atoms with van der Waals surface area (Å²) < 4.78 is 23.9. The Morgan fingerprint density at radius 3 is 1.45 bits per heavy atom. The normalized spacial score (nSPS) is 18.3. The molecular formula is C60H68N2O12S2. The monoisotopic (exact) mass is 1070 g/mol. The van der Waals surface area contributed by atoms with Crippen LogP contribution in [0, 0.1) is 39.5 Å². The minimum Gasteiger partial charge on any atom is -0.478 e. The van der Waals surface area contributed by atoms with E-state index in [0.717, 1.165) is 20.9 Å². The second-order valence-electron chi connectivity index (χ2n) is 20.9. The van der Waals surface area contributed by atoms with Gasteiger partial charge in [-0.1, -0.05) is 72.8 Å². The molecular weight excluding hydrogens is 1000 g/mol. The first kappa shape index (κ1) is 56.9. The van der Waals surface area contributed by atoms with Crippen molar-refractivity contribution in [2.75, 3.05) is 38.7 Å². The molecule has 0 radical (unpaired) electrons. The van der Waals surface area contributed by atoms with Gasteiger partial charge in [0.15, 0.2) is 17.2 Å². The van der Waals surface area contributed by atoms with E-state index >= 15 is 0 Å². The number of Topliss-reactive ketones (excluding diaryl/α,β-unsaturated/α-hetero) is 2. The van der Waals surface area contributed by atoms with E-state index in [2.05, 4.69) is 0 Å². The Hall–Kier alpha value is -6.78. The Labute approximate surface area is 453 Å². The van der Waals surface area contributed by atoms with E-state index in [1.807, 2.05) is 101 Å². The van der Waals surface area contributed by atoms with Gasteiger partial charge in [0.2, 0.25) is 5.60 Å². The minimum atomic E-state index is -1.74. The van der Waals surface area contributed by atoms with Crippen molar-refractivity contribution >= 4 is 59.2 Å². The second-order valence-corrected chi connectivity index (χ2v) is 22.7. The van der Waals surface area contributed by atoms with E-state index in [9.17, 15) is 39.0 Å². The van der Waals surface area contributed by atoms with Crippen LogP contribution < -0.4 is 9.47 Å². The summed E-state index contributed by atoms with van der Waals surface area (Å²) in [6.45, 7) is 16.0. The number of hydrogen-bond donors (Lipinski definition) is 2. The molecule has 2 N–H and O–H groups in total. The van der Waals surface area contributed by atoms with E-state index in [0.29, 0.717) is 56.0 Å². The molecule has 2 heterocycles. The minimum absolute atomic E-state index is 0.0435. The van der Waals surface area contributed by atoms with Crippen LogP contribution in [0.25, 0.3) is 0 Å². The number of aliphatic carboxylic acids is 2. The van der Waals surface area contributed by atoms with Crippen LogP contribution in [0.4, 0.5) is 9.59 Å². The number of carbonyl (C=O) groups excluding carboxylic acids is 4. The number of thioether (sulfide) groups is 2. The van der Waals surface area contributed by atoms with Gasteiger partial charge >= 0.3 is 24.1 Å². The van der Waals surface area contributed by atoms with Crippen LogP contribution in [0.1, 0.15) is 112 Å². The largest absolute Gasteiger partial charge is 0.478 e. The lowest BCUT2D eigenvalue weighted by Crippen LogP contribution is -2.44. The van der Waals surface area contributed by atoms with Crippen molar-refractivity contribution in [2.24, 2.45) is 11.8 Å². The number of ketones is 2. The summed E-state index contributed by atoms with van der Waals surface area (Å²) in [6, 6.07) is 29.5. The summed E-state index contributed by atoms with van der Waals surface area (Å²) in [4.78, 5) is 85.8. The van der Waals surface area contributed by atoms with Crippen molar-refractivity contribution in [1.29, 1.82) is 0 Å². The van der Waals surface area contributed by atoms with Gasteiger partial charge in [0.1, 0.15) is 18.1 Å². The highest BCUT2D eigenvalue weighted by Crippen LogP contribution is 2.42. The molecule has 7 rings (SSSR count). The third-order valence-electron chi connectivity index (χ3n) is 14.3. The molecule has 2 aliphatic rings. The third kappa shape index (κ3) is 12.9. The SMILES string of the molecule is CSc1ccc(C(=O)[C@H]2CN(C(=O)OC(C)C)C[C@@H]2c2cc(C)c(OC(C)(Cc3cccc(COC(=O)N4C[C@@H](C(=O)c5ccc(SC)cc5)[C@H](c5cc(C)c(OC(C)(C)C(=O)O)c(C)c5)C4)c3)C(=O)O)c(C)c2)cc1.